The second-order valence-electron chi connectivity index (χ2n) is 5.23. The molecule has 0 spiro atoms. The van der Waals surface area contributed by atoms with Gasteiger partial charge in [-0.1, -0.05) is 23.9 Å². The highest BCUT2D eigenvalue weighted by Gasteiger charge is 2.23. The lowest BCUT2D eigenvalue weighted by molar-refractivity contribution is 0.0527. The van der Waals surface area contributed by atoms with Crippen LogP contribution in [-0.4, -0.2) is 33.2 Å². The van der Waals surface area contributed by atoms with Crippen molar-refractivity contribution in [1.82, 2.24) is 14.4 Å². The monoisotopic (exact) mass is 371 g/mol. The number of thioether (sulfide) groups is 1. The molecule has 0 fully saturated rings. The van der Waals surface area contributed by atoms with E-state index >= 15 is 0 Å². The first-order valence-corrected chi connectivity index (χ1v) is 9.64. The van der Waals surface area contributed by atoms with Crippen LogP contribution in [0.3, 0.4) is 0 Å². The molecule has 0 aliphatic carbocycles. The maximum absolute atomic E-state index is 12.9. The maximum atomic E-state index is 12.9. The quantitative estimate of drug-likeness (QED) is 0.312. The summed E-state index contributed by atoms with van der Waals surface area (Å²) in [6.45, 7) is 1.92. The van der Waals surface area contributed by atoms with Gasteiger partial charge in [0.05, 0.1) is 22.2 Å². The minimum absolute atomic E-state index is 0.0380. The smallest absolute Gasteiger partial charge is 0.345 e. The number of fused-ring (bicyclic) bond motifs is 5. The zero-order valence-corrected chi connectivity index (χ0v) is 15.1. The van der Waals surface area contributed by atoms with E-state index in [2.05, 4.69) is 9.97 Å². The van der Waals surface area contributed by atoms with Gasteiger partial charge in [0, 0.05) is 6.20 Å². The van der Waals surface area contributed by atoms with Gasteiger partial charge in [-0.3, -0.25) is 9.20 Å². The van der Waals surface area contributed by atoms with Crippen LogP contribution in [-0.2, 0) is 4.74 Å². The van der Waals surface area contributed by atoms with Crippen LogP contribution >= 0.6 is 23.1 Å². The van der Waals surface area contributed by atoms with E-state index in [4.69, 9.17) is 4.74 Å². The molecule has 1 aromatic carbocycles. The van der Waals surface area contributed by atoms with Crippen molar-refractivity contribution in [2.45, 2.75) is 12.1 Å². The second-order valence-corrected chi connectivity index (χ2v) is 7.03. The summed E-state index contributed by atoms with van der Waals surface area (Å²) in [6.07, 6.45) is 3.36. The molecule has 0 aliphatic heterocycles. The van der Waals surface area contributed by atoms with Gasteiger partial charge in [-0.25, -0.2) is 14.8 Å². The van der Waals surface area contributed by atoms with E-state index < -0.39 is 11.4 Å². The largest absolute Gasteiger partial charge is 0.462 e. The van der Waals surface area contributed by atoms with E-state index in [0.29, 0.717) is 21.0 Å². The van der Waals surface area contributed by atoms with Gasteiger partial charge in [-0.15, -0.1) is 11.3 Å². The molecular formula is C17H13N3O3S2. The summed E-state index contributed by atoms with van der Waals surface area (Å²) < 4.78 is 7.93. The van der Waals surface area contributed by atoms with Crippen molar-refractivity contribution in [3.8, 4) is 0 Å². The Balaban J connectivity index is 2.27. The number of ether oxygens (including phenoxy) is 1. The number of nitrogens with zero attached hydrogens (tertiary/aromatic N) is 3. The van der Waals surface area contributed by atoms with E-state index in [1.54, 1.807) is 6.92 Å². The number of hydrogen-bond acceptors (Lipinski definition) is 7. The summed E-state index contributed by atoms with van der Waals surface area (Å²) >= 11 is 2.78. The molecule has 126 valence electrons. The lowest BCUT2D eigenvalue weighted by Crippen LogP contribution is -2.20. The second kappa shape index (κ2) is 6.12. The maximum Gasteiger partial charge on any atom is 0.345 e. The van der Waals surface area contributed by atoms with Crippen LogP contribution in [0.25, 0.3) is 26.1 Å². The van der Waals surface area contributed by atoms with Gasteiger partial charge in [0.15, 0.2) is 10.8 Å². The van der Waals surface area contributed by atoms with Crippen molar-refractivity contribution in [3.63, 3.8) is 0 Å². The molecule has 25 heavy (non-hydrogen) atoms. The van der Waals surface area contributed by atoms with Gasteiger partial charge >= 0.3 is 5.97 Å². The van der Waals surface area contributed by atoms with Crippen molar-refractivity contribution in [1.29, 1.82) is 0 Å². The van der Waals surface area contributed by atoms with Gasteiger partial charge in [-0.05, 0) is 25.3 Å². The summed E-state index contributed by atoms with van der Waals surface area (Å²) in [4.78, 5) is 34.6. The molecule has 0 unspecified atom stereocenters. The Morgan fingerprint density at radius 1 is 1.36 bits per heavy atom. The molecule has 0 N–H and O–H groups in total. The number of thiazole rings is 1. The molecule has 0 saturated carbocycles. The molecule has 0 radical (unpaired) electrons. The number of esters is 1. The lowest BCUT2D eigenvalue weighted by atomic mass is 10.2. The predicted octanol–water partition coefficient (Wildman–Crippen LogP) is 3.36. The first-order chi connectivity index (χ1) is 12.2. The number of hydrogen-bond donors (Lipinski definition) is 0. The van der Waals surface area contributed by atoms with Gasteiger partial charge in [-0.2, -0.15) is 0 Å². The van der Waals surface area contributed by atoms with Crippen molar-refractivity contribution in [2.75, 3.05) is 12.9 Å². The molecule has 0 atom stereocenters. The van der Waals surface area contributed by atoms with E-state index in [1.165, 1.54) is 29.3 Å². The summed E-state index contributed by atoms with van der Waals surface area (Å²) in [5.41, 5.74) is 1.04. The molecule has 4 rings (SSSR count). The molecule has 3 heterocycles. The first-order valence-electron chi connectivity index (χ1n) is 7.59. The molecular weight excluding hydrogens is 358 g/mol. The Morgan fingerprint density at radius 2 is 2.16 bits per heavy atom. The number of benzene rings is 1. The first kappa shape index (κ1) is 16.0. The number of carbonyl (C=O) groups excluding carboxylic acids is 1. The third-order valence-electron chi connectivity index (χ3n) is 3.82. The minimum Gasteiger partial charge on any atom is -0.462 e. The fourth-order valence-electron chi connectivity index (χ4n) is 2.76. The Kier molecular flexibility index (Phi) is 3.93. The molecule has 6 nitrogen and oxygen atoms in total. The van der Waals surface area contributed by atoms with Crippen LogP contribution < -0.4 is 5.43 Å². The van der Waals surface area contributed by atoms with Crippen molar-refractivity contribution >= 4 is 55.1 Å². The number of pyridine rings is 1. The number of para-hydroxylation sites is 1. The summed E-state index contributed by atoms with van der Waals surface area (Å²) in [7, 11) is 0. The van der Waals surface area contributed by atoms with E-state index in [1.807, 2.05) is 34.9 Å². The summed E-state index contributed by atoms with van der Waals surface area (Å²) in [6, 6.07) is 7.73. The Morgan fingerprint density at radius 3 is 2.92 bits per heavy atom. The fraction of sp³-hybridized carbons (Fsp3) is 0.176. The average Bonchev–Trinajstić information content (AvgIpc) is 3.00. The van der Waals surface area contributed by atoms with Gasteiger partial charge in [0.1, 0.15) is 10.4 Å². The van der Waals surface area contributed by atoms with Crippen LogP contribution in [0.1, 0.15) is 17.3 Å². The fourth-order valence-corrected chi connectivity index (χ4v) is 4.27. The van der Waals surface area contributed by atoms with E-state index in [-0.39, 0.29) is 12.2 Å². The van der Waals surface area contributed by atoms with Gasteiger partial charge in [0.25, 0.3) is 0 Å². The third kappa shape index (κ3) is 2.40. The van der Waals surface area contributed by atoms with Crippen LogP contribution in [0, 0.1) is 0 Å². The average molecular weight is 371 g/mol. The Labute approximate surface area is 150 Å². The molecule has 0 bridgehead atoms. The van der Waals surface area contributed by atoms with Crippen molar-refractivity contribution in [3.05, 3.63) is 46.2 Å². The van der Waals surface area contributed by atoms with Crippen LogP contribution in [0.5, 0.6) is 0 Å². The van der Waals surface area contributed by atoms with Crippen LogP contribution in [0.15, 0.2) is 40.4 Å². The predicted molar refractivity (Wildman–Crippen MR) is 99.9 cm³/mol. The minimum atomic E-state index is -0.618. The van der Waals surface area contributed by atoms with E-state index in [0.717, 1.165) is 10.2 Å². The SMILES string of the molecule is CCOC(=O)c1c(=O)c2cnc(SC)nc2n2c1sc1ccccc12. The van der Waals surface area contributed by atoms with E-state index in [9.17, 15) is 9.59 Å². The highest BCUT2D eigenvalue weighted by Crippen LogP contribution is 2.31. The van der Waals surface area contributed by atoms with Gasteiger partial charge in [0.2, 0.25) is 5.43 Å². The number of rotatable bonds is 3. The van der Waals surface area contributed by atoms with Crippen molar-refractivity contribution < 1.29 is 9.53 Å². The Bertz CT molecular complexity index is 1200. The molecule has 0 saturated heterocycles. The zero-order valence-electron chi connectivity index (χ0n) is 13.5. The van der Waals surface area contributed by atoms with Crippen LogP contribution in [0.4, 0.5) is 0 Å². The van der Waals surface area contributed by atoms with Gasteiger partial charge < -0.3 is 4.74 Å². The molecule has 8 heteroatoms. The standard InChI is InChI=1S/C17H13N3O3S2/c1-3-23-16(22)12-13(21)9-8-18-17(24-2)19-14(9)20-10-6-4-5-7-11(10)25-15(12)20/h4-8H,3H2,1-2H3. The summed E-state index contributed by atoms with van der Waals surface area (Å²) in [5.74, 6) is -0.618. The topological polar surface area (TPSA) is 73.6 Å². The zero-order chi connectivity index (χ0) is 17.6. The third-order valence-corrected chi connectivity index (χ3v) is 5.53. The summed E-state index contributed by atoms with van der Waals surface area (Å²) in [5, 5.41) is 0.877. The Hall–Kier alpha value is -2.45. The molecule has 3 aromatic heterocycles. The highest BCUT2D eigenvalue weighted by atomic mass is 32.2. The lowest BCUT2D eigenvalue weighted by Gasteiger charge is -2.08. The van der Waals surface area contributed by atoms with Crippen molar-refractivity contribution in [2.24, 2.45) is 0 Å². The normalized spacial score (nSPS) is 11.4. The number of aromatic nitrogens is 3. The molecule has 0 aliphatic rings. The molecule has 4 aromatic rings. The number of carbonyl (C=O) groups is 1. The van der Waals surface area contributed by atoms with Crippen LogP contribution in [0.2, 0.25) is 0 Å². The highest BCUT2D eigenvalue weighted by molar-refractivity contribution is 7.98. The molecule has 0 amide bonds.